The fourth-order valence-corrected chi connectivity index (χ4v) is 8.32. The zero-order valence-electron chi connectivity index (χ0n) is 51.5. The van der Waals surface area contributed by atoms with Crippen molar-refractivity contribution >= 4 is 103 Å². The number of rotatable bonds is 14. The highest BCUT2D eigenvalue weighted by molar-refractivity contribution is 6.40. The third-order valence-electron chi connectivity index (χ3n) is 12.5. The minimum atomic E-state index is -0.369. The van der Waals surface area contributed by atoms with Crippen LogP contribution in [0.2, 0.25) is 20.6 Å². The first kappa shape index (κ1) is 70.9. The van der Waals surface area contributed by atoms with E-state index in [4.69, 9.17) is 86.7 Å². The molecule has 0 aliphatic carbocycles. The number of imidazole rings is 2. The molecule has 6 heterocycles. The van der Waals surface area contributed by atoms with Gasteiger partial charge >= 0.3 is 11.9 Å². The summed E-state index contributed by atoms with van der Waals surface area (Å²) in [6.07, 6.45) is 12.1. The Balaban J connectivity index is 0.000000157. The van der Waals surface area contributed by atoms with Gasteiger partial charge in [-0.1, -0.05) is 82.8 Å². The highest BCUT2D eigenvalue weighted by atomic mass is 35.5. The van der Waals surface area contributed by atoms with Crippen molar-refractivity contribution in [2.75, 3.05) is 24.7 Å². The molecule has 13 rings (SSSR count). The van der Waals surface area contributed by atoms with Gasteiger partial charge in [0.2, 0.25) is 17.4 Å². The second-order valence-electron chi connectivity index (χ2n) is 19.2. The van der Waals surface area contributed by atoms with Crippen molar-refractivity contribution < 1.29 is 48.0 Å². The first-order chi connectivity index (χ1) is 47.0. The van der Waals surface area contributed by atoms with E-state index in [1.54, 1.807) is 111 Å². The molecule has 7 N–H and O–H groups in total. The normalized spacial score (nSPS) is 10.2. The number of halogens is 4. The lowest BCUT2D eigenvalue weighted by atomic mass is 10.1. The van der Waals surface area contributed by atoms with E-state index >= 15 is 0 Å². The fourth-order valence-electron chi connectivity index (χ4n) is 7.83. The number of hydrogen-bond acceptors (Lipinski definition) is 22. The molecule has 0 bridgehead atoms. The molecule has 0 unspecified atom stereocenters. The maximum Gasteiger partial charge on any atom is 0.338 e. The summed E-state index contributed by atoms with van der Waals surface area (Å²) < 4.78 is 26.3. The first-order valence-electron chi connectivity index (χ1n) is 28.8. The number of aryl methyl sites for hydroxylation is 1. The molecule has 7 aromatic carbocycles. The van der Waals surface area contributed by atoms with Gasteiger partial charge in [-0.25, -0.2) is 54.4 Å². The Morgan fingerprint density at radius 3 is 1.07 bits per heavy atom. The van der Waals surface area contributed by atoms with Crippen molar-refractivity contribution in [2.24, 2.45) is 0 Å². The Morgan fingerprint density at radius 1 is 0.402 bits per heavy atom. The van der Waals surface area contributed by atoms with Gasteiger partial charge in [0.05, 0.1) is 63.5 Å². The molecule has 0 aliphatic heterocycles. The van der Waals surface area contributed by atoms with Crippen LogP contribution < -0.4 is 25.7 Å². The largest absolute Gasteiger partial charge is 0.508 e. The Morgan fingerprint density at radius 2 is 0.722 bits per heavy atom. The van der Waals surface area contributed by atoms with Crippen LogP contribution >= 0.6 is 46.4 Å². The second-order valence-corrected chi connectivity index (χ2v) is 20.7. The van der Waals surface area contributed by atoms with E-state index in [0.717, 1.165) is 22.1 Å². The zero-order chi connectivity index (χ0) is 69.1. The maximum atomic E-state index is 12.6. The smallest absolute Gasteiger partial charge is 0.338 e. The van der Waals surface area contributed by atoms with E-state index in [9.17, 15) is 19.2 Å². The van der Waals surface area contributed by atoms with Crippen LogP contribution in [0.5, 0.6) is 40.6 Å². The van der Waals surface area contributed by atoms with Crippen molar-refractivity contribution in [3.8, 4) is 40.6 Å². The summed E-state index contributed by atoms with van der Waals surface area (Å²) in [5, 5.41) is 9.75. The number of fused-ring (bicyclic) bond motifs is 2. The SMILES string of the molecule is CCOC(=O)c1ccc(O)cc1.CCOC(=O)c1ccc(Oc2nccnc2Cl)cc1.Cc1nccnc1Oc1ccc(C(=O)c2nc3ccccc3[nH]2)cc1.Clc1nccnc1Cl.Nc1ccccc1N.O=C(c1ccc(Oc2nccnc2Cl)cc1)c1nc2ccccc2[nH]1. The lowest BCUT2D eigenvalue weighted by molar-refractivity contribution is 0.0516. The number of nitrogen functional groups attached to an aromatic ring is 2. The minimum absolute atomic E-state index is 0.142. The number of esters is 2. The second kappa shape index (κ2) is 35.9. The third-order valence-corrected chi connectivity index (χ3v) is 13.7. The number of para-hydroxylation sites is 6. The van der Waals surface area contributed by atoms with Gasteiger partial charge < -0.3 is 50.2 Å². The summed E-state index contributed by atoms with van der Waals surface area (Å²) in [6, 6.07) is 48.2. The number of nitrogens with zero attached hydrogens (tertiary/aromatic N) is 10. The molecule has 0 amide bonds. The molecule has 490 valence electrons. The van der Waals surface area contributed by atoms with E-state index < -0.39 is 0 Å². The van der Waals surface area contributed by atoms with Gasteiger partial charge in [-0.2, -0.15) is 0 Å². The zero-order valence-corrected chi connectivity index (χ0v) is 54.5. The summed E-state index contributed by atoms with van der Waals surface area (Å²) in [4.78, 5) is 93.6. The lowest BCUT2D eigenvalue weighted by Crippen LogP contribution is -2.04. The molecule has 0 saturated carbocycles. The third kappa shape index (κ3) is 21.3. The van der Waals surface area contributed by atoms with Crippen molar-refractivity contribution in [3.63, 3.8) is 0 Å². The van der Waals surface area contributed by atoms with Crippen LogP contribution in [0, 0.1) is 6.92 Å². The number of carbonyl (C=O) groups is 4. The Kier molecular flexibility index (Phi) is 26.2. The quantitative estimate of drug-likeness (QED) is 0.0383. The molecule has 0 spiro atoms. The van der Waals surface area contributed by atoms with Crippen LogP contribution in [0.25, 0.3) is 22.1 Å². The molecular formula is C69H56Cl4N14O10. The molecule has 6 aromatic heterocycles. The highest BCUT2D eigenvalue weighted by Crippen LogP contribution is 2.28. The van der Waals surface area contributed by atoms with Gasteiger partial charge in [0.25, 0.3) is 11.8 Å². The Labute approximate surface area is 573 Å². The highest BCUT2D eigenvalue weighted by Gasteiger charge is 2.17. The van der Waals surface area contributed by atoms with Crippen LogP contribution in [0.15, 0.2) is 219 Å². The van der Waals surface area contributed by atoms with Gasteiger partial charge in [0.1, 0.15) is 23.0 Å². The van der Waals surface area contributed by atoms with Crippen molar-refractivity contribution in [1.82, 2.24) is 59.8 Å². The minimum Gasteiger partial charge on any atom is -0.508 e. The molecule has 0 atom stereocenters. The molecule has 13 aromatic rings. The summed E-state index contributed by atoms with van der Waals surface area (Å²) in [5.41, 5.74) is 17.9. The average Bonchev–Trinajstić information content (AvgIpc) is 1.74. The number of benzene rings is 7. The monoisotopic (exact) mass is 1380 g/mol. The number of nitrogens with two attached hydrogens (primary N) is 2. The number of carbonyl (C=O) groups excluding carboxylic acids is 4. The van der Waals surface area contributed by atoms with Crippen molar-refractivity contribution in [3.05, 3.63) is 280 Å². The number of nitrogens with one attached hydrogen (secondary N) is 2. The predicted molar refractivity (Wildman–Crippen MR) is 367 cm³/mol. The number of hydrogen-bond donors (Lipinski definition) is 5. The summed E-state index contributed by atoms with van der Waals surface area (Å²) in [6.45, 7) is 6.03. The van der Waals surface area contributed by atoms with Crippen molar-refractivity contribution in [1.29, 1.82) is 0 Å². The van der Waals surface area contributed by atoms with Gasteiger partial charge in [0, 0.05) is 60.7 Å². The number of phenolic OH excluding ortho intramolecular Hbond substituents is 1. The van der Waals surface area contributed by atoms with Crippen LogP contribution in [0.3, 0.4) is 0 Å². The topological polar surface area (TPSA) is 347 Å². The number of ether oxygens (including phenoxy) is 5. The summed E-state index contributed by atoms with van der Waals surface area (Å²) in [7, 11) is 0. The van der Waals surface area contributed by atoms with Crippen LogP contribution in [-0.2, 0) is 9.47 Å². The standard InChI is InChI=1S/C19H14N4O2.C18H11ClN4O2.C13H11ClN2O3.C9H10O3.C6H8N2.C4H2Cl2N2/c1-12-19(21-11-10-20-12)25-14-8-6-13(7-9-14)17(24)18-22-15-4-2-3-5-16(15)23-18;19-16-18(21-10-9-20-16)25-12-7-5-11(6-8-12)15(24)17-22-13-3-1-2-4-14(13)23-17;1-2-18-13(17)9-3-5-10(6-4-9)19-12-11(14)15-7-8-16-12;1-2-12-9(11)7-3-5-8(10)6-4-7;7-5-3-1-2-4-6(5)8;5-3-4(6)8-2-1-7-3/h2-11H,1H3,(H,22,23);1-10H,(H,22,23);3-8H,2H2,1H3;3-6,10H,2H2,1H3;1-4H,7-8H2;1-2H. The van der Waals surface area contributed by atoms with Gasteiger partial charge in [-0.3, -0.25) is 14.6 Å². The Bertz CT molecular complexity index is 4420. The molecular weight excluding hydrogens is 1330 g/mol. The average molecular weight is 1380 g/mol. The molecule has 28 heteroatoms. The van der Waals surface area contributed by atoms with Crippen molar-refractivity contribution in [2.45, 2.75) is 20.8 Å². The lowest BCUT2D eigenvalue weighted by Gasteiger charge is -2.06. The molecule has 0 aliphatic rings. The van der Waals surface area contributed by atoms with Gasteiger partial charge in [-0.15, -0.1) is 0 Å². The predicted octanol–water partition coefficient (Wildman–Crippen LogP) is 15.0. The molecule has 97 heavy (non-hydrogen) atoms. The van der Waals surface area contributed by atoms with Crippen LogP contribution in [0.1, 0.15) is 72.6 Å². The van der Waals surface area contributed by atoms with E-state index in [1.165, 1.54) is 61.4 Å². The maximum absolute atomic E-state index is 12.6. The molecule has 0 saturated heterocycles. The van der Waals surface area contributed by atoms with Gasteiger partial charge in [-0.05, 0) is 154 Å². The van der Waals surface area contributed by atoms with E-state index in [2.05, 4.69) is 59.8 Å². The number of phenols is 1. The number of aromatic hydroxyl groups is 1. The number of aromatic nitrogens is 12. The molecule has 0 fully saturated rings. The van der Waals surface area contributed by atoms with Crippen LogP contribution in [-0.4, -0.2) is 102 Å². The summed E-state index contributed by atoms with van der Waals surface area (Å²) >= 11 is 22.5. The number of anilines is 2. The Hall–Kier alpha value is -12.0. The van der Waals surface area contributed by atoms with Crippen LogP contribution in [0.4, 0.5) is 11.4 Å². The number of ketones is 2. The van der Waals surface area contributed by atoms with E-state index in [0.29, 0.717) is 87.3 Å². The molecule has 24 nitrogen and oxygen atoms in total. The van der Waals surface area contributed by atoms with E-state index in [-0.39, 0.29) is 61.6 Å². The number of aromatic amines is 2. The van der Waals surface area contributed by atoms with Gasteiger partial charge in [0.15, 0.2) is 32.3 Å². The fraction of sp³-hybridized carbons (Fsp3) is 0.0725. The number of H-pyrrole nitrogens is 2. The first-order valence-corrected chi connectivity index (χ1v) is 30.4. The van der Waals surface area contributed by atoms with E-state index in [1.807, 2.05) is 67.6 Å². The molecule has 0 radical (unpaired) electrons. The summed E-state index contributed by atoms with van der Waals surface area (Å²) in [5.74, 6) is 2.13.